The number of amides is 1. The Bertz CT molecular complexity index is 291. The van der Waals surface area contributed by atoms with Crippen LogP contribution in [0.4, 0.5) is 13.2 Å². The Morgan fingerprint density at radius 1 is 1.25 bits per heavy atom. The lowest BCUT2D eigenvalue weighted by Gasteiger charge is -2.33. The van der Waals surface area contributed by atoms with Gasteiger partial charge in [0, 0.05) is 19.1 Å². The third kappa shape index (κ3) is 1.79. The first-order valence-electron chi connectivity index (χ1n) is 5.48. The van der Waals surface area contributed by atoms with E-state index in [9.17, 15) is 18.0 Å². The van der Waals surface area contributed by atoms with E-state index in [1.165, 1.54) is 4.90 Å². The van der Waals surface area contributed by atoms with E-state index in [1.807, 2.05) is 0 Å². The van der Waals surface area contributed by atoms with E-state index in [1.54, 1.807) is 0 Å². The zero-order valence-corrected chi connectivity index (χ0v) is 8.89. The maximum atomic E-state index is 12.7. The van der Waals surface area contributed by atoms with Gasteiger partial charge in [-0.05, 0) is 25.7 Å². The molecule has 1 saturated heterocycles. The summed E-state index contributed by atoms with van der Waals surface area (Å²) in [5, 5.41) is 0. The molecular weight excluding hydrogens is 221 g/mol. The predicted octanol–water partition coefficient (Wildman–Crippen LogP) is 1.28. The van der Waals surface area contributed by atoms with E-state index in [-0.39, 0.29) is 18.9 Å². The molecule has 0 aromatic carbocycles. The van der Waals surface area contributed by atoms with Crippen LogP contribution in [-0.4, -0.2) is 36.1 Å². The summed E-state index contributed by atoms with van der Waals surface area (Å²) >= 11 is 0. The third-order valence-electron chi connectivity index (χ3n) is 3.53. The molecule has 2 fully saturated rings. The monoisotopic (exact) mass is 236 g/mol. The number of halogens is 3. The molecule has 0 spiro atoms. The second-order valence-corrected chi connectivity index (χ2v) is 4.71. The van der Waals surface area contributed by atoms with Crippen LogP contribution in [0.3, 0.4) is 0 Å². The van der Waals surface area contributed by atoms with Crippen LogP contribution in [-0.2, 0) is 4.79 Å². The van der Waals surface area contributed by atoms with Gasteiger partial charge in [-0.2, -0.15) is 13.2 Å². The van der Waals surface area contributed by atoms with Crippen LogP contribution in [0.25, 0.3) is 0 Å². The summed E-state index contributed by atoms with van der Waals surface area (Å²) in [6.07, 6.45) is -3.32. The van der Waals surface area contributed by atoms with Gasteiger partial charge in [-0.1, -0.05) is 0 Å². The molecule has 0 atom stereocenters. The molecule has 2 rings (SSSR count). The van der Waals surface area contributed by atoms with Gasteiger partial charge in [-0.15, -0.1) is 0 Å². The molecule has 2 N–H and O–H groups in total. The summed E-state index contributed by atoms with van der Waals surface area (Å²) in [6, 6.07) is 0.0186. The van der Waals surface area contributed by atoms with Crippen molar-refractivity contribution in [2.75, 3.05) is 13.1 Å². The Balaban J connectivity index is 2.03. The Morgan fingerprint density at radius 3 is 2.12 bits per heavy atom. The van der Waals surface area contributed by atoms with Crippen LogP contribution >= 0.6 is 0 Å². The Labute approximate surface area is 91.8 Å². The van der Waals surface area contributed by atoms with Gasteiger partial charge in [-0.25, -0.2) is 0 Å². The van der Waals surface area contributed by atoms with Crippen molar-refractivity contribution in [3.05, 3.63) is 0 Å². The SMILES string of the molecule is NC1CCN(C(=O)C2(C(F)(F)F)CC2)CC1. The Kier molecular flexibility index (Phi) is 2.64. The summed E-state index contributed by atoms with van der Waals surface area (Å²) in [4.78, 5) is 13.1. The van der Waals surface area contributed by atoms with Gasteiger partial charge in [0.2, 0.25) is 5.91 Å². The third-order valence-corrected chi connectivity index (χ3v) is 3.53. The van der Waals surface area contributed by atoms with Gasteiger partial charge < -0.3 is 10.6 Å². The van der Waals surface area contributed by atoms with Crippen molar-refractivity contribution in [3.8, 4) is 0 Å². The average Bonchev–Trinajstić information content (AvgIpc) is 2.97. The molecule has 3 nitrogen and oxygen atoms in total. The fourth-order valence-corrected chi connectivity index (χ4v) is 2.15. The van der Waals surface area contributed by atoms with Crippen molar-refractivity contribution in [2.45, 2.75) is 37.9 Å². The molecule has 1 saturated carbocycles. The number of nitrogens with two attached hydrogens (primary N) is 1. The number of carbonyl (C=O) groups is 1. The maximum absolute atomic E-state index is 12.7. The second kappa shape index (κ2) is 3.61. The Hall–Kier alpha value is -0.780. The largest absolute Gasteiger partial charge is 0.403 e. The highest BCUT2D eigenvalue weighted by Crippen LogP contribution is 2.58. The summed E-state index contributed by atoms with van der Waals surface area (Å²) in [5.74, 6) is -0.744. The highest BCUT2D eigenvalue weighted by Gasteiger charge is 2.69. The van der Waals surface area contributed by atoms with Gasteiger partial charge in [0.05, 0.1) is 0 Å². The topological polar surface area (TPSA) is 46.3 Å². The van der Waals surface area contributed by atoms with Gasteiger partial charge >= 0.3 is 6.18 Å². The van der Waals surface area contributed by atoms with Crippen LogP contribution in [0, 0.1) is 5.41 Å². The van der Waals surface area contributed by atoms with Crippen molar-refractivity contribution in [1.82, 2.24) is 4.90 Å². The molecule has 0 aromatic rings. The number of alkyl halides is 3. The molecule has 1 aliphatic carbocycles. The molecule has 1 amide bonds. The minimum Gasteiger partial charge on any atom is -0.342 e. The number of hydrogen-bond donors (Lipinski definition) is 1. The van der Waals surface area contributed by atoms with E-state index >= 15 is 0 Å². The van der Waals surface area contributed by atoms with Gasteiger partial charge in [0.15, 0.2) is 0 Å². The highest BCUT2D eigenvalue weighted by molar-refractivity contribution is 5.86. The standard InChI is InChI=1S/C10H15F3N2O/c11-10(12,13)9(3-4-9)8(16)15-5-1-7(14)2-6-15/h7H,1-6,14H2. The Morgan fingerprint density at radius 2 is 1.75 bits per heavy atom. The number of nitrogens with zero attached hydrogens (tertiary/aromatic N) is 1. The molecule has 0 radical (unpaired) electrons. The zero-order valence-electron chi connectivity index (χ0n) is 8.89. The minimum atomic E-state index is -4.40. The molecule has 0 aromatic heterocycles. The fourth-order valence-electron chi connectivity index (χ4n) is 2.15. The van der Waals surface area contributed by atoms with Crippen molar-refractivity contribution < 1.29 is 18.0 Å². The molecule has 2 aliphatic rings. The fraction of sp³-hybridized carbons (Fsp3) is 0.900. The van der Waals surface area contributed by atoms with Gasteiger partial charge in [-0.3, -0.25) is 4.79 Å². The van der Waals surface area contributed by atoms with Crippen molar-refractivity contribution in [2.24, 2.45) is 11.1 Å². The van der Waals surface area contributed by atoms with E-state index in [0.717, 1.165) is 0 Å². The minimum absolute atomic E-state index is 0.0186. The van der Waals surface area contributed by atoms with Crippen molar-refractivity contribution in [1.29, 1.82) is 0 Å². The zero-order chi connectivity index (χ0) is 12.0. The quantitative estimate of drug-likeness (QED) is 0.745. The summed E-state index contributed by atoms with van der Waals surface area (Å²) < 4.78 is 38.1. The molecule has 0 bridgehead atoms. The predicted molar refractivity (Wildman–Crippen MR) is 51.5 cm³/mol. The van der Waals surface area contributed by atoms with E-state index in [4.69, 9.17) is 5.73 Å². The number of rotatable bonds is 1. The van der Waals surface area contributed by atoms with Gasteiger partial charge in [0.25, 0.3) is 0 Å². The highest BCUT2D eigenvalue weighted by atomic mass is 19.4. The lowest BCUT2D eigenvalue weighted by molar-refractivity contribution is -0.199. The molecule has 92 valence electrons. The number of carbonyl (C=O) groups excluding carboxylic acids is 1. The van der Waals surface area contributed by atoms with Crippen LogP contribution in [0.15, 0.2) is 0 Å². The first-order chi connectivity index (χ1) is 7.37. The first kappa shape index (κ1) is 11.7. The lowest BCUT2D eigenvalue weighted by atomic mass is 10.0. The number of piperidine rings is 1. The van der Waals surface area contributed by atoms with Gasteiger partial charge in [0.1, 0.15) is 5.41 Å². The molecule has 6 heteroatoms. The summed E-state index contributed by atoms with van der Waals surface area (Å²) in [5.41, 5.74) is 3.59. The molecule has 1 aliphatic heterocycles. The van der Waals surface area contributed by atoms with Crippen LogP contribution in [0.5, 0.6) is 0 Å². The van der Waals surface area contributed by atoms with E-state index in [0.29, 0.717) is 25.9 Å². The van der Waals surface area contributed by atoms with Crippen molar-refractivity contribution in [3.63, 3.8) is 0 Å². The summed E-state index contributed by atoms with van der Waals surface area (Å²) in [7, 11) is 0. The lowest BCUT2D eigenvalue weighted by Crippen LogP contribution is -2.49. The number of likely N-dealkylation sites (tertiary alicyclic amines) is 1. The van der Waals surface area contributed by atoms with Crippen LogP contribution in [0.1, 0.15) is 25.7 Å². The molecule has 0 unspecified atom stereocenters. The second-order valence-electron chi connectivity index (χ2n) is 4.71. The van der Waals surface area contributed by atoms with E-state index in [2.05, 4.69) is 0 Å². The molecule has 16 heavy (non-hydrogen) atoms. The number of hydrogen-bond acceptors (Lipinski definition) is 2. The molecule has 1 heterocycles. The molecular formula is C10H15F3N2O. The van der Waals surface area contributed by atoms with E-state index < -0.39 is 17.5 Å². The van der Waals surface area contributed by atoms with Crippen LogP contribution in [0.2, 0.25) is 0 Å². The average molecular weight is 236 g/mol. The smallest absolute Gasteiger partial charge is 0.342 e. The van der Waals surface area contributed by atoms with Crippen molar-refractivity contribution >= 4 is 5.91 Å². The van der Waals surface area contributed by atoms with Crippen LogP contribution < -0.4 is 5.73 Å². The normalized spacial score (nSPS) is 25.6. The maximum Gasteiger partial charge on any atom is 0.403 e. The summed E-state index contributed by atoms with van der Waals surface area (Å²) in [6.45, 7) is 0.718. The first-order valence-corrected chi connectivity index (χ1v) is 5.48.